The summed E-state index contributed by atoms with van der Waals surface area (Å²) >= 11 is 0. The highest BCUT2D eigenvalue weighted by Gasteiger charge is 2.36. The molecule has 2 aromatic rings. The molecule has 0 bridgehead atoms. The Labute approximate surface area is 192 Å². The Morgan fingerprint density at radius 1 is 1.09 bits per heavy atom. The van der Waals surface area contributed by atoms with Crippen LogP contribution in [0.1, 0.15) is 18.0 Å². The van der Waals surface area contributed by atoms with Crippen molar-refractivity contribution in [2.45, 2.75) is 18.5 Å². The van der Waals surface area contributed by atoms with Gasteiger partial charge >= 0.3 is 0 Å². The molecule has 0 spiro atoms. The van der Waals surface area contributed by atoms with Gasteiger partial charge in [-0.1, -0.05) is 30.3 Å². The number of rotatable bonds is 7. The van der Waals surface area contributed by atoms with Crippen molar-refractivity contribution in [1.29, 1.82) is 0 Å². The number of nitrogens with zero attached hydrogens (tertiary/aromatic N) is 4. The van der Waals surface area contributed by atoms with Crippen LogP contribution in [0.15, 0.2) is 59.7 Å². The normalized spacial score (nSPS) is 20.4. The van der Waals surface area contributed by atoms with Crippen molar-refractivity contribution in [3.8, 4) is 0 Å². The van der Waals surface area contributed by atoms with E-state index in [1.54, 1.807) is 0 Å². The second kappa shape index (κ2) is 10.1. The summed E-state index contributed by atoms with van der Waals surface area (Å²) < 4.78 is 13.3. The minimum atomic E-state index is -0.802. The quantitative estimate of drug-likeness (QED) is 0.662. The van der Waals surface area contributed by atoms with Gasteiger partial charge in [0.15, 0.2) is 0 Å². The maximum absolute atomic E-state index is 13.3. The van der Waals surface area contributed by atoms with Gasteiger partial charge in [0.25, 0.3) is 5.91 Å². The van der Waals surface area contributed by atoms with Gasteiger partial charge in [0.2, 0.25) is 5.91 Å². The Morgan fingerprint density at radius 2 is 1.76 bits per heavy atom. The molecule has 0 radical (unpaired) electrons. The van der Waals surface area contributed by atoms with E-state index in [1.165, 1.54) is 29.3 Å². The molecule has 9 heteroatoms. The van der Waals surface area contributed by atoms with Crippen LogP contribution < -0.4 is 16.1 Å². The summed E-state index contributed by atoms with van der Waals surface area (Å²) in [6, 6.07) is 14.4. The molecular weight excluding hydrogens is 423 g/mol. The van der Waals surface area contributed by atoms with Crippen LogP contribution in [0.5, 0.6) is 0 Å². The standard InChI is InChI=1S/C24H29FN6O2/c1-29-11-13-30(14-12-29)16-21(17-5-3-2-4-6-17)27-24(33)20-15-22(23(26)32)31(28-20)19-9-7-18(25)8-10-19/h2-10,21-22H,11-16H2,1H3,(H2,26,32)(H,27,33). The van der Waals surface area contributed by atoms with Crippen molar-refractivity contribution in [2.24, 2.45) is 10.8 Å². The van der Waals surface area contributed by atoms with E-state index in [1.807, 2.05) is 30.3 Å². The van der Waals surface area contributed by atoms with Gasteiger partial charge in [0.05, 0.1) is 11.7 Å². The van der Waals surface area contributed by atoms with Gasteiger partial charge in [-0.25, -0.2) is 4.39 Å². The minimum absolute atomic E-state index is 0.0918. The van der Waals surface area contributed by atoms with Crippen molar-refractivity contribution < 1.29 is 14.0 Å². The van der Waals surface area contributed by atoms with Gasteiger partial charge in [-0.15, -0.1) is 0 Å². The van der Waals surface area contributed by atoms with Crippen LogP contribution in [0.4, 0.5) is 10.1 Å². The van der Waals surface area contributed by atoms with E-state index in [4.69, 9.17) is 5.73 Å². The van der Waals surface area contributed by atoms with Gasteiger partial charge < -0.3 is 16.0 Å². The number of nitrogens with one attached hydrogen (secondary N) is 1. The highest BCUT2D eigenvalue weighted by Crippen LogP contribution is 2.25. The summed E-state index contributed by atoms with van der Waals surface area (Å²) in [6.07, 6.45) is 0.0918. The summed E-state index contributed by atoms with van der Waals surface area (Å²) in [5.41, 5.74) is 7.30. The molecule has 2 amide bonds. The number of carbonyl (C=O) groups is 2. The minimum Gasteiger partial charge on any atom is -0.368 e. The Morgan fingerprint density at radius 3 is 2.39 bits per heavy atom. The van der Waals surface area contributed by atoms with E-state index in [0.29, 0.717) is 12.2 Å². The van der Waals surface area contributed by atoms with Gasteiger partial charge in [-0.3, -0.25) is 19.5 Å². The monoisotopic (exact) mass is 452 g/mol. The third-order valence-electron chi connectivity index (χ3n) is 6.14. The fourth-order valence-electron chi connectivity index (χ4n) is 4.15. The van der Waals surface area contributed by atoms with Crippen molar-refractivity contribution in [2.75, 3.05) is 44.8 Å². The molecular formula is C24H29FN6O2. The molecule has 2 unspecified atom stereocenters. The Balaban J connectivity index is 1.52. The van der Waals surface area contributed by atoms with E-state index >= 15 is 0 Å². The van der Waals surface area contributed by atoms with Crippen LogP contribution >= 0.6 is 0 Å². The molecule has 0 aromatic heterocycles. The van der Waals surface area contributed by atoms with Gasteiger partial charge in [0, 0.05) is 39.1 Å². The predicted molar refractivity (Wildman–Crippen MR) is 125 cm³/mol. The summed E-state index contributed by atoms with van der Waals surface area (Å²) in [5.74, 6) is -1.33. The number of piperazine rings is 1. The van der Waals surface area contributed by atoms with Crippen LogP contribution in [0.3, 0.4) is 0 Å². The summed E-state index contributed by atoms with van der Waals surface area (Å²) in [7, 11) is 2.11. The number of hydrazone groups is 1. The smallest absolute Gasteiger partial charge is 0.268 e. The topological polar surface area (TPSA) is 94.3 Å². The molecule has 1 fully saturated rings. The molecule has 3 N–H and O–H groups in total. The van der Waals surface area contributed by atoms with Crippen molar-refractivity contribution in [3.05, 3.63) is 66.0 Å². The van der Waals surface area contributed by atoms with Crippen LogP contribution in [0.2, 0.25) is 0 Å². The van der Waals surface area contributed by atoms with Crippen LogP contribution in [0, 0.1) is 5.82 Å². The number of amides is 2. The average Bonchev–Trinajstić information content (AvgIpc) is 3.27. The summed E-state index contributed by atoms with van der Waals surface area (Å²) in [5, 5.41) is 8.90. The Kier molecular flexibility index (Phi) is 7.00. The van der Waals surface area contributed by atoms with Crippen LogP contribution in [-0.2, 0) is 9.59 Å². The number of nitrogens with two attached hydrogens (primary N) is 1. The van der Waals surface area contributed by atoms with E-state index in [-0.39, 0.29) is 24.1 Å². The Bertz CT molecular complexity index is 1010. The van der Waals surface area contributed by atoms with E-state index in [2.05, 4.69) is 27.3 Å². The maximum Gasteiger partial charge on any atom is 0.268 e. The molecule has 33 heavy (non-hydrogen) atoms. The van der Waals surface area contributed by atoms with E-state index in [9.17, 15) is 14.0 Å². The number of likely N-dealkylation sites (N-methyl/N-ethyl adjacent to an activating group) is 1. The highest BCUT2D eigenvalue weighted by molar-refractivity contribution is 6.40. The zero-order valence-corrected chi connectivity index (χ0v) is 18.7. The molecule has 4 rings (SSSR count). The third-order valence-corrected chi connectivity index (χ3v) is 6.14. The third kappa shape index (κ3) is 5.55. The molecule has 174 valence electrons. The van der Waals surface area contributed by atoms with Crippen LogP contribution in [-0.4, -0.2) is 73.1 Å². The number of benzene rings is 2. The molecule has 2 atom stereocenters. The number of hydrogen-bond acceptors (Lipinski definition) is 6. The first-order valence-corrected chi connectivity index (χ1v) is 11.1. The van der Waals surface area contributed by atoms with Gasteiger partial charge in [-0.2, -0.15) is 5.10 Å². The van der Waals surface area contributed by atoms with E-state index in [0.717, 1.165) is 31.7 Å². The van der Waals surface area contributed by atoms with Crippen molar-refractivity contribution in [1.82, 2.24) is 15.1 Å². The second-order valence-corrected chi connectivity index (χ2v) is 8.53. The second-order valence-electron chi connectivity index (χ2n) is 8.53. The molecule has 2 aliphatic heterocycles. The van der Waals surface area contributed by atoms with Gasteiger partial charge in [-0.05, 0) is 36.9 Å². The average molecular weight is 453 g/mol. The Hall–Kier alpha value is -3.30. The zero-order chi connectivity index (χ0) is 23.4. The lowest BCUT2D eigenvalue weighted by molar-refractivity contribution is -0.119. The number of anilines is 1. The number of hydrogen-bond donors (Lipinski definition) is 2. The lowest BCUT2D eigenvalue weighted by Gasteiger charge is -2.35. The lowest BCUT2D eigenvalue weighted by Crippen LogP contribution is -2.48. The number of carbonyl (C=O) groups excluding carboxylic acids is 2. The molecule has 0 aliphatic carbocycles. The first kappa shape index (κ1) is 22.9. The fraction of sp³-hybridized carbons (Fsp3) is 0.375. The van der Waals surface area contributed by atoms with Gasteiger partial charge in [0.1, 0.15) is 17.6 Å². The number of halogens is 1. The molecule has 2 heterocycles. The molecule has 2 aromatic carbocycles. The van der Waals surface area contributed by atoms with Crippen LogP contribution in [0.25, 0.3) is 0 Å². The molecule has 2 aliphatic rings. The van der Waals surface area contributed by atoms with Crippen molar-refractivity contribution >= 4 is 23.2 Å². The predicted octanol–water partition coefficient (Wildman–Crippen LogP) is 1.35. The van der Waals surface area contributed by atoms with E-state index < -0.39 is 17.8 Å². The summed E-state index contributed by atoms with van der Waals surface area (Å²) in [6.45, 7) is 4.50. The maximum atomic E-state index is 13.3. The molecule has 8 nitrogen and oxygen atoms in total. The first-order chi connectivity index (χ1) is 15.9. The number of primary amides is 1. The molecule has 1 saturated heterocycles. The SMILES string of the molecule is CN1CCN(CC(NC(=O)C2=NN(c3ccc(F)cc3)C(C(N)=O)C2)c2ccccc2)CC1. The summed E-state index contributed by atoms with van der Waals surface area (Å²) in [4.78, 5) is 29.9. The first-order valence-electron chi connectivity index (χ1n) is 11.1. The van der Waals surface area contributed by atoms with Crippen molar-refractivity contribution in [3.63, 3.8) is 0 Å². The largest absolute Gasteiger partial charge is 0.368 e. The lowest BCUT2D eigenvalue weighted by atomic mass is 10.0. The zero-order valence-electron chi connectivity index (χ0n) is 18.7. The fourth-order valence-corrected chi connectivity index (χ4v) is 4.15. The highest BCUT2D eigenvalue weighted by atomic mass is 19.1. The molecule has 0 saturated carbocycles.